The molecule has 0 bridgehead atoms. The van der Waals surface area contributed by atoms with Gasteiger partial charge in [0.1, 0.15) is 11.8 Å². The van der Waals surface area contributed by atoms with E-state index in [9.17, 15) is 4.79 Å². The molecule has 2 aromatic rings. The zero-order chi connectivity index (χ0) is 19.2. The van der Waals surface area contributed by atoms with Gasteiger partial charge in [0.15, 0.2) is 0 Å². The SMILES string of the molecule is CCOc1ccccc1C1CC(C(=O)N(C)C(C)Cc2ccccn2)NN1. The maximum atomic E-state index is 12.9. The summed E-state index contributed by atoms with van der Waals surface area (Å²) in [5.41, 5.74) is 8.48. The Hall–Kier alpha value is -2.44. The van der Waals surface area contributed by atoms with Gasteiger partial charge in [0.05, 0.1) is 12.6 Å². The highest BCUT2D eigenvalue weighted by Crippen LogP contribution is 2.30. The molecule has 3 unspecified atom stereocenters. The van der Waals surface area contributed by atoms with Crippen LogP contribution in [0.5, 0.6) is 5.75 Å². The fourth-order valence-corrected chi connectivity index (χ4v) is 3.40. The molecule has 0 aliphatic carbocycles. The standard InChI is InChI=1S/C21H28N4O2/c1-4-27-20-11-6-5-10-17(20)18-14-19(24-23-18)21(26)25(3)15(2)13-16-9-7-8-12-22-16/h5-12,15,18-19,23-24H,4,13-14H2,1-3H3. The lowest BCUT2D eigenvalue weighted by Crippen LogP contribution is -2.47. The minimum Gasteiger partial charge on any atom is -0.494 e. The van der Waals surface area contributed by atoms with Gasteiger partial charge in [0, 0.05) is 37.0 Å². The number of hydrogen-bond acceptors (Lipinski definition) is 5. The molecule has 0 saturated carbocycles. The van der Waals surface area contributed by atoms with Crippen molar-refractivity contribution in [3.8, 4) is 5.75 Å². The highest BCUT2D eigenvalue weighted by atomic mass is 16.5. The number of nitrogens with zero attached hydrogens (tertiary/aromatic N) is 2. The molecule has 1 aromatic carbocycles. The lowest BCUT2D eigenvalue weighted by Gasteiger charge is -2.27. The van der Waals surface area contributed by atoms with E-state index >= 15 is 0 Å². The van der Waals surface area contributed by atoms with E-state index < -0.39 is 0 Å². The average molecular weight is 368 g/mol. The number of aromatic nitrogens is 1. The van der Waals surface area contributed by atoms with Gasteiger partial charge in [-0.1, -0.05) is 24.3 Å². The first kappa shape index (κ1) is 19.3. The number of para-hydroxylation sites is 1. The summed E-state index contributed by atoms with van der Waals surface area (Å²) in [7, 11) is 1.86. The summed E-state index contributed by atoms with van der Waals surface area (Å²) in [6, 6.07) is 13.7. The predicted molar refractivity (Wildman–Crippen MR) is 105 cm³/mol. The van der Waals surface area contributed by atoms with Crippen LogP contribution in [-0.2, 0) is 11.2 Å². The number of amides is 1. The first-order valence-corrected chi connectivity index (χ1v) is 9.49. The summed E-state index contributed by atoms with van der Waals surface area (Å²) in [6.07, 6.45) is 3.20. The molecule has 0 radical (unpaired) electrons. The van der Waals surface area contributed by atoms with Gasteiger partial charge in [-0.3, -0.25) is 9.78 Å². The number of carbonyl (C=O) groups is 1. The zero-order valence-electron chi connectivity index (χ0n) is 16.2. The van der Waals surface area contributed by atoms with Crippen molar-refractivity contribution in [3.05, 3.63) is 59.9 Å². The Bertz CT molecular complexity index is 753. The second-order valence-electron chi connectivity index (χ2n) is 6.92. The van der Waals surface area contributed by atoms with E-state index in [0.29, 0.717) is 13.0 Å². The Morgan fingerprint density at radius 1 is 1.26 bits per heavy atom. The largest absolute Gasteiger partial charge is 0.494 e. The Labute approximate surface area is 160 Å². The van der Waals surface area contributed by atoms with Crippen LogP contribution in [0.15, 0.2) is 48.7 Å². The first-order valence-electron chi connectivity index (χ1n) is 9.49. The van der Waals surface area contributed by atoms with Gasteiger partial charge < -0.3 is 9.64 Å². The van der Waals surface area contributed by atoms with Crippen molar-refractivity contribution >= 4 is 5.91 Å². The van der Waals surface area contributed by atoms with Crippen LogP contribution in [0, 0.1) is 0 Å². The monoisotopic (exact) mass is 368 g/mol. The van der Waals surface area contributed by atoms with Gasteiger partial charge in [0.25, 0.3) is 0 Å². The topological polar surface area (TPSA) is 66.5 Å². The van der Waals surface area contributed by atoms with E-state index in [1.807, 2.05) is 61.3 Å². The fourth-order valence-electron chi connectivity index (χ4n) is 3.40. The third kappa shape index (κ3) is 4.64. The molecule has 144 valence electrons. The van der Waals surface area contributed by atoms with Crippen LogP contribution in [0.3, 0.4) is 0 Å². The summed E-state index contributed by atoms with van der Waals surface area (Å²) in [5.74, 6) is 0.951. The van der Waals surface area contributed by atoms with E-state index in [1.54, 1.807) is 6.20 Å². The molecule has 6 nitrogen and oxygen atoms in total. The molecule has 27 heavy (non-hydrogen) atoms. The minimum absolute atomic E-state index is 0.0428. The second kappa shape index (κ2) is 8.97. The van der Waals surface area contributed by atoms with Crippen LogP contribution in [0.25, 0.3) is 0 Å². The Morgan fingerprint density at radius 2 is 2.04 bits per heavy atom. The minimum atomic E-state index is -0.263. The molecule has 1 amide bonds. The molecular formula is C21H28N4O2. The number of hydrogen-bond donors (Lipinski definition) is 2. The number of likely N-dealkylation sites (N-methyl/N-ethyl adjacent to an activating group) is 1. The van der Waals surface area contributed by atoms with Crippen molar-refractivity contribution in [1.29, 1.82) is 0 Å². The molecule has 3 rings (SSSR count). The van der Waals surface area contributed by atoms with E-state index in [-0.39, 0.29) is 24.0 Å². The third-order valence-corrected chi connectivity index (χ3v) is 5.04. The van der Waals surface area contributed by atoms with Crippen LogP contribution in [0.1, 0.15) is 37.6 Å². The number of rotatable bonds is 7. The maximum absolute atomic E-state index is 12.9. The van der Waals surface area contributed by atoms with Crippen molar-refractivity contribution in [2.75, 3.05) is 13.7 Å². The molecule has 1 fully saturated rings. The molecule has 3 atom stereocenters. The lowest BCUT2D eigenvalue weighted by atomic mass is 10.00. The number of carbonyl (C=O) groups excluding carboxylic acids is 1. The molecule has 1 aromatic heterocycles. The molecule has 0 spiro atoms. The van der Waals surface area contributed by atoms with E-state index in [4.69, 9.17) is 4.74 Å². The average Bonchev–Trinajstić information content (AvgIpc) is 3.18. The Balaban J connectivity index is 1.61. The molecule has 2 N–H and O–H groups in total. The van der Waals surface area contributed by atoms with Gasteiger partial charge in [-0.2, -0.15) is 0 Å². The summed E-state index contributed by atoms with van der Waals surface area (Å²) in [5, 5.41) is 0. The number of nitrogens with one attached hydrogen (secondary N) is 2. The predicted octanol–water partition coefficient (Wildman–Crippen LogP) is 2.48. The normalized spacial score (nSPS) is 20.3. The molecule has 1 aliphatic rings. The number of hydrazine groups is 1. The molecule has 2 heterocycles. The molecule has 1 saturated heterocycles. The smallest absolute Gasteiger partial charge is 0.241 e. The lowest BCUT2D eigenvalue weighted by molar-refractivity contribution is -0.133. The van der Waals surface area contributed by atoms with Crippen molar-refractivity contribution in [3.63, 3.8) is 0 Å². The fraction of sp³-hybridized carbons (Fsp3) is 0.429. The van der Waals surface area contributed by atoms with E-state index in [0.717, 1.165) is 23.4 Å². The van der Waals surface area contributed by atoms with E-state index in [2.05, 4.69) is 22.8 Å². The third-order valence-electron chi connectivity index (χ3n) is 5.04. The van der Waals surface area contributed by atoms with Crippen LogP contribution in [0.2, 0.25) is 0 Å². The zero-order valence-corrected chi connectivity index (χ0v) is 16.2. The quantitative estimate of drug-likeness (QED) is 0.786. The maximum Gasteiger partial charge on any atom is 0.241 e. The Morgan fingerprint density at radius 3 is 2.78 bits per heavy atom. The van der Waals surface area contributed by atoms with Crippen LogP contribution < -0.4 is 15.6 Å². The highest BCUT2D eigenvalue weighted by molar-refractivity contribution is 5.82. The van der Waals surface area contributed by atoms with Crippen molar-refractivity contribution in [1.82, 2.24) is 20.7 Å². The van der Waals surface area contributed by atoms with Crippen LogP contribution in [-0.4, -0.2) is 41.5 Å². The summed E-state index contributed by atoms with van der Waals surface area (Å²) in [4.78, 5) is 19.1. The number of pyridine rings is 1. The van der Waals surface area contributed by atoms with Crippen molar-refractivity contribution in [2.45, 2.75) is 44.8 Å². The van der Waals surface area contributed by atoms with Crippen molar-refractivity contribution < 1.29 is 9.53 Å². The van der Waals surface area contributed by atoms with Gasteiger partial charge >= 0.3 is 0 Å². The van der Waals surface area contributed by atoms with Crippen LogP contribution in [0.4, 0.5) is 0 Å². The number of benzene rings is 1. The van der Waals surface area contributed by atoms with Gasteiger partial charge in [-0.05, 0) is 38.5 Å². The Kier molecular flexibility index (Phi) is 6.42. The summed E-state index contributed by atoms with van der Waals surface area (Å²) >= 11 is 0. The first-order chi connectivity index (χ1) is 13.1. The van der Waals surface area contributed by atoms with Crippen LogP contribution >= 0.6 is 0 Å². The van der Waals surface area contributed by atoms with Crippen molar-refractivity contribution in [2.24, 2.45) is 0 Å². The van der Waals surface area contributed by atoms with Gasteiger partial charge in [-0.15, -0.1) is 0 Å². The summed E-state index contributed by atoms with van der Waals surface area (Å²) < 4.78 is 5.73. The highest BCUT2D eigenvalue weighted by Gasteiger charge is 2.34. The second-order valence-corrected chi connectivity index (χ2v) is 6.92. The van der Waals surface area contributed by atoms with E-state index in [1.165, 1.54) is 0 Å². The molecule has 6 heteroatoms. The summed E-state index contributed by atoms with van der Waals surface area (Å²) in [6.45, 7) is 4.64. The molecular weight excluding hydrogens is 340 g/mol. The molecule has 1 aliphatic heterocycles. The number of ether oxygens (including phenoxy) is 1. The van der Waals surface area contributed by atoms with Gasteiger partial charge in [0.2, 0.25) is 5.91 Å². The van der Waals surface area contributed by atoms with Gasteiger partial charge in [-0.25, -0.2) is 10.9 Å².